The number of amides is 1. The number of hydrogen-bond donors (Lipinski definition) is 1. The number of carbonyl (C=O) groups excluding carboxylic acids is 1. The molecule has 3 rings (SSSR count). The number of aromatic amines is 1. The van der Waals surface area contributed by atoms with Gasteiger partial charge in [0.25, 0.3) is 5.91 Å². The van der Waals surface area contributed by atoms with Gasteiger partial charge in [0, 0.05) is 30.2 Å². The molecule has 0 bridgehead atoms. The van der Waals surface area contributed by atoms with Gasteiger partial charge >= 0.3 is 0 Å². The van der Waals surface area contributed by atoms with Crippen LogP contribution >= 0.6 is 0 Å². The maximum Gasteiger partial charge on any atom is 0.259 e. The van der Waals surface area contributed by atoms with E-state index in [0.29, 0.717) is 25.1 Å². The minimum Gasteiger partial charge on any atom is -0.372 e. The topological polar surface area (TPSA) is 62.4 Å². The molecule has 1 N–H and O–H groups in total. The summed E-state index contributed by atoms with van der Waals surface area (Å²) in [5.41, 5.74) is 0.323. The number of rotatable bonds is 1. The van der Waals surface area contributed by atoms with Crippen molar-refractivity contribution in [1.29, 1.82) is 0 Å². The molecule has 2 heterocycles. The smallest absolute Gasteiger partial charge is 0.259 e. The molecule has 1 fully saturated rings. The Hall–Kier alpha value is -2.14. The molecule has 0 atom stereocenters. The van der Waals surface area contributed by atoms with Crippen molar-refractivity contribution >= 4 is 16.8 Å². The number of pyridine rings is 1. The lowest BCUT2D eigenvalue weighted by molar-refractivity contribution is -0.0764. The summed E-state index contributed by atoms with van der Waals surface area (Å²) < 4.78 is 5.60. The molecule has 1 saturated heterocycles. The van der Waals surface area contributed by atoms with Crippen molar-refractivity contribution in [2.24, 2.45) is 0 Å². The van der Waals surface area contributed by atoms with Gasteiger partial charge in [-0.3, -0.25) is 9.59 Å². The first-order valence-corrected chi connectivity index (χ1v) is 7.02. The van der Waals surface area contributed by atoms with E-state index in [1.54, 1.807) is 17.0 Å². The normalized spacial score (nSPS) is 17.9. The van der Waals surface area contributed by atoms with E-state index in [2.05, 4.69) is 4.98 Å². The Morgan fingerprint density at radius 3 is 2.86 bits per heavy atom. The fourth-order valence-electron chi connectivity index (χ4n) is 2.69. The number of ether oxygens (including phenoxy) is 1. The SMILES string of the molecule is CC1(C)CN(C(=O)c2c[nH]c3ccccc3c2=O)CCO1. The van der Waals surface area contributed by atoms with Crippen LogP contribution in [0.25, 0.3) is 10.9 Å². The Kier molecular flexibility index (Phi) is 3.29. The molecule has 21 heavy (non-hydrogen) atoms. The van der Waals surface area contributed by atoms with Crippen LogP contribution in [0.2, 0.25) is 0 Å². The second-order valence-electron chi connectivity index (χ2n) is 5.91. The highest BCUT2D eigenvalue weighted by atomic mass is 16.5. The van der Waals surface area contributed by atoms with E-state index in [1.165, 1.54) is 6.20 Å². The van der Waals surface area contributed by atoms with Gasteiger partial charge in [-0.15, -0.1) is 0 Å². The summed E-state index contributed by atoms with van der Waals surface area (Å²) in [6.45, 7) is 5.37. The highest BCUT2D eigenvalue weighted by Crippen LogP contribution is 2.18. The molecular weight excluding hydrogens is 268 g/mol. The quantitative estimate of drug-likeness (QED) is 0.869. The highest BCUT2D eigenvalue weighted by Gasteiger charge is 2.31. The van der Waals surface area contributed by atoms with Crippen LogP contribution in [0.3, 0.4) is 0 Å². The molecule has 5 nitrogen and oxygen atoms in total. The van der Waals surface area contributed by atoms with Crippen LogP contribution in [0, 0.1) is 0 Å². The van der Waals surface area contributed by atoms with Gasteiger partial charge in [-0.05, 0) is 26.0 Å². The van der Waals surface area contributed by atoms with Crippen LogP contribution in [-0.4, -0.2) is 41.1 Å². The molecule has 0 saturated carbocycles. The second kappa shape index (κ2) is 5.00. The van der Waals surface area contributed by atoms with Crippen molar-refractivity contribution < 1.29 is 9.53 Å². The van der Waals surface area contributed by atoms with E-state index < -0.39 is 0 Å². The number of carbonyl (C=O) groups is 1. The van der Waals surface area contributed by atoms with Crippen molar-refractivity contribution in [1.82, 2.24) is 9.88 Å². The summed E-state index contributed by atoms with van der Waals surface area (Å²) >= 11 is 0. The maximum atomic E-state index is 12.6. The van der Waals surface area contributed by atoms with Crippen molar-refractivity contribution in [2.75, 3.05) is 19.7 Å². The van der Waals surface area contributed by atoms with Crippen LogP contribution in [0.15, 0.2) is 35.3 Å². The largest absolute Gasteiger partial charge is 0.372 e. The molecule has 1 amide bonds. The van der Waals surface area contributed by atoms with E-state index in [-0.39, 0.29) is 22.5 Å². The fourth-order valence-corrected chi connectivity index (χ4v) is 2.69. The number of morpholine rings is 1. The first kappa shape index (κ1) is 13.8. The minimum atomic E-state index is -0.377. The first-order valence-electron chi connectivity index (χ1n) is 7.02. The summed E-state index contributed by atoms with van der Waals surface area (Å²) in [5, 5.41) is 0.538. The number of fused-ring (bicyclic) bond motifs is 1. The fraction of sp³-hybridized carbons (Fsp3) is 0.375. The second-order valence-corrected chi connectivity index (χ2v) is 5.91. The lowest BCUT2D eigenvalue weighted by atomic mass is 10.1. The maximum absolute atomic E-state index is 12.6. The summed E-state index contributed by atoms with van der Waals surface area (Å²) in [5.74, 6) is -0.238. The van der Waals surface area contributed by atoms with Gasteiger partial charge in [0.2, 0.25) is 5.43 Å². The van der Waals surface area contributed by atoms with E-state index in [4.69, 9.17) is 4.74 Å². The summed E-state index contributed by atoms with van der Waals surface area (Å²) in [4.78, 5) is 29.8. The number of benzene rings is 1. The average Bonchev–Trinajstić information content (AvgIpc) is 2.46. The summed E-state index contributed by atoms with van der Waals surface area (Å²) in [7, 11) is 0. The zero-order chi connectivity index (χ0) is 15.0. The lowest BCUT2D eigenvalue weighted by Gasteiger charge is -2.38. The molecule has 2 aromatic rings. The molecule has 1 aliphatic rings. The van der Waals surface area contributed by atoms with Crippen LogP contribution < -0.4 is 5.43 Å². The van der Waals surface area contributed by atoms with E-state index in [9.17, 15) is 9.59 Å². The molecule has 0 spiro atoms. The van der Waals surface area contributed by atoms with Crippen molar-refractivity contribution in [3.63, 3.8) is 0 Å². The molecule has 0 unspecified atom stereocenters. The summed E-state index contributed by atoms with van der Waals surface area (Å²) in [6, 6.07) is 7.20. The van der Waals surface area contributed by atoms with Crippen LogP contribution in [0.1, 0.15) is 24.2 Å². The summed E-state index contributed by atoms with van der Waals surface area (Å²) in [6.07, 6.45) is 1.51. The van der Waals surface area contributed by atoms with E-state index >= 15 is 0 Å². The molecule has 5 heteroatoms. The van der Waals surface area contributed by atoms with Gasteiger partial charge in [0.05, 0.1) is 12.2 Å². The molecule has 0 radical (unpaired) electrons. The highest BCUT2D eigenvalue weighted by molar-refractivity contribution is 5.97. The molecular formula is C16H18N2O3. The van der Waals surface area contributed by atoms with E-state index in [1.807, 2.05) is 26.0 Å². The molecule has 1 aliphatic heterocycles. The average molecular weight is 286 g/mol. The number of nitrogens with one attached hydrogen (secondary N) is 1. The number of H-pyrrole nitrogens is 1. The predicted octanol–water partition coefficient (Wildman–Crippen LogP) is 1.78. The van der Waals surface area contributed by atoms with Crippen molar-refractivity contribution in [3.05, 3.63) is 46.2 Å². The zero-order valence-electron chi connectivity index (χ0n) is 12.2. The predicted molar refractivity (Wildman–Crippen MR) is 80.5 cm³/mol. The van der Waals surface area contributed by atoms with Crippen LogP contribution in [0.4, 0.5) is 0 Å². The minimum absolute atomic E-state index is 0.186. The van der Waals surface area contributed by atoms with Gasteiger partial charge in [-0.2, -0.15) is 0 Å². The first-order chi connectivity index (χ1) is 9.98. The standard InChI is InChI=1S/C16H18N2O3/c1-16(2)10-18(7-8-21-16)15(20)12-9-17-13-6-4-3-5-11(13)14(12)19/h3-6,9H,7-8,10H2,1-2H3,(H,17,19). The molecule has 110 valence electrons. The Balaban J connectivity index is 1.98. The number of aromatic nitrogens is 1. The molecule has 0 aliphatic carbocycles. The lowest BCUT2D eigenvalue weighted by Crippen LogP contribution is -2.51. The molecule has 1 aromatic heterocycles. The Labute approximate surface area is 122 Å². The number of para-hydroxylation sites is 1. The van der Waals surface area contributed by atoms with Crippen molar-refractivity contribution in [2.45, 2.75) is 19.4 Å². The van der Waals surface area contributed by atoms with E-state index in [0.717, 1.165) is 5.52 Å². The Bertz CT molecular complexity index is 749. The Morgan fingerprint density at radius 2 is 2.10 bits per heavy atom. The van der Waals surface area contributed by atoms with Gasteiger partial charge in [0.1, 0.15) is 5.56 Å². The third-order valence-electron chi connectivity index (χ3n) is 3.73. The zero-order valence-corrected chi connectivity index (χ0v) is 12.2. The van der Waals surface area contributed by atoms with Gasteiger partial charge in [-0.25, -0.2) is 0 Å². The van der Waals surface area contributed by atoms with Crippen LogP contribution in [-0.2, 0) is 4.74 Å². The van der Waals surface area contributed by atoms with Gasteiger partial charge in [-0.1, -0.05) is 12.1 Å². The van der Waals surface area contributed by atoms with Crippen molar-refractivity contribution in [3.8, 4) is 0 Å². The molecule has 1 aromatic carbocycles. The van der Waals surface area contributed by atoms with Gasteiger partial charge in [0.15, 0.2) is 0 Å². The Morgan fingerprint density at radius 1 is 1.33 bits per heavy atom. The van der Waals surface area contributed by atoms with Gasteiger partial charge < -0.3 is 14.6 Å². The third kappa shape index (κ3) is 2.56. The number of hydrogen-bond acceptors (Lipinski definition) is 3. The van der Waals surface area contributed by atoms with Crippen LogP contribution in [0.5, 0.6) is 0 Å². The number of nitrogens with zero attached hydrogens (tertiary/aromatic N) is 1. The monoisotopic (exact) mass is 286 g/mol. The third-order valence-corrected chi connectivity index (χ3v) is 3.73.